The number of nitrogens with one attached hydrogen (secondary N) is 1. The van der Waals surface area contributed by atoms with Crippen molar-refractivity contribution < 1.29 is 4.74 Å². The molecule has 2 rings (SSSR count). The minimum absolute atomic E-state index is 0.362. The second-order valence-corrected chi connectivity index (χ2v) is 4.95. The second-order valence-electron chi connectivity index (χ2n) is 4.95. The average Bonchev–Trinajstić information content (AvgIpc) is 2.18. The molecular weight excluding hydrogens is 176 g/mol. The Balaban J connectivity index is 1.91. The molecule has 0 saturated carbocycles. The van der Waals surface area contributed by atoms with Crippen LogP contribution in [0.1, 0.15) is 19.8 Å². The van der Waals surface area contributed by atoms with Gasteiger partial charge >= 0.3 is 0 Å². The monoisotopic (exact) mass is 198 g/mol. The van der Waals surface area contributed by atoms with Gasteiger partial charge in [-0.3, -0.25) is 0 Å². The number of hydrogen-bond donors (Lipinski definition) is 2. The van der Waals surface area contributed by atoms with Gasteiger partial charge < -0.3 is 15.8 Å². The Labute approximate surface area is 86.4 Å². The fourth-order valence-corrected chi connectivity index (χ4v) is 2.79. The van der Waals surface area contributed by atoms with E-state index in [9.17, 15) is 0 Å². The second kappa shape index (κ2) is 4.60. The summed E-state index contributed by atoms with van der Waals surface area (Å²) < 4.78 is 5.53. The van der Waals surface area contributed by atoms with Crippen molar-refractivity contribution in [2.24, 2.45) is 23.5 Å². The normalized spacial score (nSPS) is 45.0. The van der Waals surface area contributed by atoms with E-state index in [1.165, 1.54) is 13.0 Å². The third-order valence-corrected chi connectivity index (χ3v) is 3.67. The Morgan fingerprint density at radius 3 is 2.93 bits per heavy atom. The zero-order valence-corrected chi connectivity index (χ0v) is 9.04. The zero-order valence-electron chi connectivity index (χ0n) is 9.04. The van der Waals surface area contributed by atoms with E-state index in [-0.39, 0.29) is 0 Å². The van der Waals surface area contributed by atoms with Crippen molar-refractivity contribution in [1.29, 1.82) is 0 Å². The predicted octanol–water partition coefficient (Wildman–Crippen LogP) is 0.596. The predicted molar refractivity (Wildman–Crippen MR) is 57.0 cm³/mol. The average molecular weight is 198 g/mol. The van der Waals surface area contributed by atoms with Crippen LogP contribution in [0.4, 0.5) is 0 Å². The first-order valence-electron chi connectivity index (χ1n) is 5.81. The summed E-state index contributed by atoms with van der Waals surface area (Å²) in [5, 5.41) is 3.49. The van der Waals surface area contributed by atoms with Crippen LogP contribution in [0, 0.1) is 17.8 Å². The lowest BCUT2D eigenvalue weighted by Gasteiger charge is -2.39. The van der Waals surface area contributed by atoms with Gasteiger partial charge in [0.05, 0.1) is 6.61 Å². The van der Waals surface area contributed by atoms with Crippen molar-refractivity contribution in [2.75, 3.05) is 26.3 Å². The first kappa shape index (κ1) is 10.4. The first-order valence-corrected chi connectivity index (χ1v) is 5.81. The number of ether oxygens (including phenoxy) is 1. The molecule has 0 bridgehead atoms. The molecule has 2 aliphatic rings. The quantitative estimate of drug-likeness (QED) is 0.648. The fourth-order valence-electron chi connectivity index (χ4n) is 2.79. The van der Waals surface area contributed by atoms with Crippen LogP contribution in [0.15, 0.2) is 0 Å². The number of hydrogen-bond acceptors (Lipinski definition) is 3. The maximum atomic E-state index is 6.15. The van der Waals surface area contributed by atoms with Crippen molar-refractivity contribution in [2.45, 2.75) is 25.8 Å². The van der Waals surface area contributed by atoms with Crippen LogP contribution >= 0.6 is 0 Å². The van der Waals surface area contributed by atoms with Crippen LogP contribution in [-0.2, 0) is 4.74 Å². The van der Waals surface area contributed by atoms with Crippen LogP contribution in [0.25, 0.3) is 0 Å². The fraction of sp³-hybridized carbons (Fsp3) is 1.00. The van der Waals surface area contributed by atoms with Crippen LogP contribution in [0.5, 0.6) is 0 Å². The third-order valence-electron chi connectivity index (χ3n) is 3.67. The number of nitrogens with two attached hydrogens (primary N) is 1. The summed E-state index contributed by atoms with van der Waals surface area (Å²) in [6.07, 6.45) is 2.35. The molecule has 0 spiro atoms. The molecule has 2 fully saturated rings. The summed E-state index contributed by atoms with van der Waals surface area (Å²) in [4.78, 5) is 0. The van der Waals surface area contributed by atoms with Crippen LogP contribution in [0.2, 0.25) is 0 Å². The van der Waals surface area contributed by atoms with Gasteiger partial charge in [-0.1, -0.05) is 6.92 Å². The maximum Gasteiger partial charge on any atom is 0.0512 e. The van der Waals surface area contributed by atoms with Gasteiger partial charge in [0, 0.05) is 18.6 Å². The van der Waals surface area contributed by atoms with Gasteiger partial charge in [0.1, 0.15) is 0 Å². The van der Waals surface area contributed by atoms with Crippen molar-refractivity contribution in [1.82, 2.24) is 5.32 Å². The lowest BCUT2D eigenvalue weighted by molar-refractivity contribution is 0.00818. The van der Waals surface area contributed by atoms with Crippen molar-refractivity contribution in [3.63, 3.8) is 0 Å². The highest BCUT2D eigenvalue weighted by Gasteiger charge is 2.32. The van der Waals surface area contributed by atoms with Gasteiger partial charge in [0.2, 0.25) is 0 Å². The SMILES string of the molecule is CC1CNCC(C2COCCC2N)C1. The van der Waals surface area contributed by atoms with Crippen LogP contribution in [0.3, 0.4) is 0 Å². The van der Waals surface area contributed by atoms with E-state index in [1.54, 1.807) is 0 Å². The smallest absolute Gasteiger partial charge is 0.0512 e. The minimum Gasteiger partial charge on any atom is -0.381 e. The number of piperidine rings is 1. The van der Waals surface area contributed by atoms with E-state index in [4.69, 9.17) is 10.5 Å². The molecule has 0 amide bonds. The Morgan fingerprint density at radius 2 is 2.21 bits per heavy atom. The lowest BCUT2D eigenvalue weighted by Crippen LogP contribution is -2.48. The number of rotatable bonds is 1. The van der Waals surface area contributed by atoms with E-state index in [0.29, 0.717) is 12.0 Å². The molecule has 3 nitrogen and oxygen atoms in total. The zero-order chi connectivity index (χ0) is 9.97. The van der Waals surface area contributed by atoms with Gasteiger partial charge in [-0.25, -0.2) is 0 Å². The molecule has 4 atom stereocenters. The molecule has 4 unspecified atom stereocenters. The Morgan fingerprint density at radius 1 is 1.36 bits per heavy atom. The van der Waals surface area contributed by atoms with Gasteiger partial charge in [-0.05, 0) is 37.8 Å². The molecule has 2 heterocycles. The molecule has 0 aliphatic carbocycles. The summed E-state index contributed by atoms with van der Waals surface area (Å²) in [6, 6.07) is 0.362. The maximum absolute atomic E-state index is 6.15. The summed E-state index contributed by atoms with van der Waals surface area (Å²) in [5.41, 5.74) is 6.15. The molecule has 82 valence electrons. The standard InChI is InChI=1S/C11H22N2O/c1-8-4-9(6-13-5-8)10-7-14-3-2-11(10)12/h8-11,13H,2-7,12H2,1H3. The molecule has 3 N–H and O–H groups in total. The summed E-state index contributed by atoms with van der Waals surface area (Å²) in [5.74, 6) is 2.11. The molecule has 0 radical (unpaired) electrons. The summed E-state index contributed by atoms with van der Waals surface area (Å²) >= 11 is 0. The van der Waals surface area contributed by atoms with Crippen molar-refractivity contribution >= 4 is 0 Å². The van der Waals surface area contributed by atoms with Crippen LogP contribution in [-0.4, -0.2) is 32.3 Å². The van der Waals surface area contributed by atoms with Gasteiger partial charge in [-0.2, -0.15) is 0 Å². The summed E-state index contributed by atoms with van der Waals surface area (Å²) in [7, 11) is 0. The molecular formula is C11H22N2O. The van der Waals surface area contributed by atoms with Crippen molar-refractivity contribution in [3.8, 4) is 0 Å². The van der Waals surface area contributed by atoms with Gasteiger partial charge in [0.25, 0.3) is 0 Å². The highest BCUT2D eigenvalue weighted by Crippen LogP contribution is 2.28. The highest BCUT2D eigenvalue weighted by atomic mass is 16.5. The Kier molecular flexibility index (Phi) is 3.42. The highest BCUT2D eigenvalue weighted by molar-refractivity contribution is 4.86. The van der Waals surface area contributed by atoms with E-state index in [0.717, 1.165) is 38.0 Å². The van der Waals surface area contributed by atoms with Gasteiger partial charge in [0.15, 0.2) is 0 Å². The largest absolute Gasteiger partial charge is 0.381 e. The molecule has 2 saturated heterocycles. The Hall–Kier alpha value is -0.120. The first-order chi connectivity index (χ1) is 6.77. The van der Waals surface area contributed by atoms with E-state index in [2.05, 4.69) is 12.2 Å². The molecule has 2 aliphatic heterocycles. The summed E-state index contributed by atoms with van der Waals surface area (Å²) in [6.45, 7) is 6.34. The molecule has 3 heteroatoms. The van der Waals surface area contributed by atoms with E-state index < -0.39 is 0 Å². The molecule has 14 heavy (non-hydrogen) atoms. The lowest BCUT2D eigenvalue weighted by atomic mass is 9.77. The third kappa shape index (κ3) is 2.27. The van der Waals surface area contributed by atoms with E-state index in [1.807, 2.05) is 0 Å². The Bertz CT molecular complexity index is 186. The van der Waals surface area contributed by atoms with Crippen LogP contribution < -0.4 is 11.1 Å². The molecule has 0 aromatic rings. The molecule has 0 aromatic carbocycles. The minimum atomic E-state index is 0.362. The van der Waals surface area contributed by atoms with E-state index >= 15 is 0 Å². The van der Waals surface area contributed by atoms with Gasteiger partial charge in [-0.15, -0.1) is 0 Å². The topological polar surface area (TPSA) is 47.3 Å². The van der Waals surface area contributed by atoms with Crippen molar-refractivity contribution in [3.05, 3.63) is 0 Å². The molecule has 0 aromatic heterocycles.